The lowest BCUT2D eigenvalue weighted by molar-refractivity contribution is -0.141. The number of nitrogens with zero attached hydrogens (tertiary/aromatic N) is 2. The molecule has 0 aliphatic heterocycles. The quantitative estimate of drug-likeness (QED) is 0.736. The summed E-state index contributed by atoms with van der Waals surface area (Å²) in [5.41, 5.74) is -1.03. The number of ether oxygens (including phenoxy) is 1. The lowest BCUT2D eigenvalue weighted by Crippen LogP contribution is -2.14. The first-order valence-corrected chi connectivity index (χ1v) is 4.87. The van der Waals surface area contributed by atoms with Crippen LogP contribution in [0.4, 0.5) is 19.0 Å². The molecule has 0 atom stereocenters. The summed E-state index contributed by atoms with van der Waals surface area (Å²) >= 11 is 0. The maximum absolute atomic E-state index is 12.1. The Morgan fingerprint density at radius 3 is 2.53 bits per heavy atom. The molecule has 0 aliphatic carbocycles. The second-order valence-corrected chi connectivity index (χ2v) is 3.06. The van der Waals surface area contributed by atoms with Gasteiger partial charge in [0.15, 0.2) is 5.69 Å². The molecule has 5 nitrogen and oxygen atoms in total. The Morgan fingerprint density at radius 2 is 2.00 bits per heavy atom. The molecule has 1 heterocycles. The first-order valence-electron chi connectivity index (χ1n) is 4.87. The molecule has 96 valence electrons. The van der Waals surface area contributed by atoms with E-state index in [1.54, 1.807) is 0 Å². The molecule has 0 saturated heterocycles. The average Bonchev–Trinajstić information content (AvgIpc) is 2.28. The van der Waals surface area contributed by atoms with E-state index in [0.717, 1.165) is 6.07 Å². The minimum Gasteiger partial charge on any atom is -0.394 e. The fraction of sp³-hybridized carbons (Fsp3) is 0.556. The number of alkyl halides is 3. The summed E-state index contributed by atoms with van der Waals surface area (Å²) in [6.45, 7) is 0.851. The normalized spacial score (nSPS) is 11.5. The number of hydrogen-bond acceptors (Lipinski definition) is 5. The van der Waals surface area contributed by atoms with Gasteiger partial charge in [-0.05, 0) is 12.1 Å². The van der Waals surface area contributed by atoms with Crippen molar-refractivity contribution < 1.29 is 23.0 Å². The lowest BCUT2D eigenvalue weighted by Gasteiger charge is -2.07. The van der Waals surface area contributed by atoms with E-state index >= 15 is 0 Å². The van der Waals surface area contributed by atoms with Crippen LogP contribution in [0.5, 0.6) is 0 Å². The molecule has 0 unspecified atom stereocenters. The number of nitrogens with one attached hydrogen (secondary N) is 1. The maximum atomic E-state index is 12.1. The molecule has 0 radical (unpaired) electrons. The molecule has 1 aromatic heterocycles. The minimum atomic E-state index is -4.48. The third kappa shape index (κ3) is 4.96. The zero-order valence-electron chi connectivity index (χ0n) is 8.87. The van der Waals surface area contributed by atoms with E-state index in [1.807, 2.05) is 0 Å². The molecule has 0 aliphatic rings. The van der Waals surface area contributed by atoms with E-state index in [2.05, 4.69) is 15.5 Å². The Hall–Kier alpha value is -1.41. The van der Waals surface area contributed by atoms with Gasteiger partial charge in [-0.2, -0.15) is 13.2 Å². The fourth-order valence-corrected chi connectivity index (χ4v) is 0.996. The van der Waals surface area contributed by atoms with Gasteiger partial charge in [0.2, 0.25) is 0 Å². The van der Waals surface area contributed by atoms with Gasteiger partial charge in [0.1, 0.15) is 5.82 Å². The van der Waals surface area contributed by atoms with Crippen LogP contribution in [-0.2, 0) is 10.9 Å². The molecule has 17 heavy (non-hydrogen) atoms. The van der Waals surface area contributed by atoms with E-state index < -0.39 is 11.9 Å². The Kier molecular flexibility index (Phi) is 5.11. The summed E-state index contributed by atoms with van der Waals surface area (Å²) < 4.78 is 41.4. The van der Waals surface area contributed by atoms with E-state index in [-0.39, 0.29) is 19.0 Å². The predicted octanol–water partition coefficient (Wildman–Crippen LogP) is 0.916. The highest BCUT2D eigenvalue weighted by Gasteiger charge is 2.32. The van der Waals surface area contributed by atoms with E-state index in [9.17, 15) is 13.2 Å². The topological polar surface area (TPSA) is 67.3 Å². The number of aliphatic hydroxyl groups excluding tert-OH is 1. The molecule has 0 saturated carbocycles. The van der Waals surface area contributed by atoms with Gasteiger partial charge < -0.3 is 15.2 Å². The van der Waals surface area contributed by atoms with Crippen molar-refractivity contribution in [2.45, 2.75) is 6.18 Å². The standard InChI is InChI=1S/C9H12F3N3O2/c10-9(11,12)7-1-2-8(15-14-7)13-3-5-17-6-4-16/h1-2,16H,3-6H2,(H,13,15). The van der Waals surface area contributed by atoms with Crippen LogP contribution in [0.15, 0.2) is 12.1 Å². The smallest absolute Gasteiger partial charge is 0.394 e. The van der Waals surface area contributed by atoms with Crippen LogP contribution in [0.25, 0.3) is 0 Å². The van der Waals surface area contributed by atoms with Gasteiger partial charge >= 0.3 is 6.18 Å². The number of aromatic nitrogens is 2. The number of halogens is 3. The molecule has 0 fully saturated rings. The van der Waals surface area contributed by atoms with E-state index in [4.69, 9.17) is 9.84 Å². The first kappa shape index (κ1) is 13.7. The van der Waals surface area contributed by atoms with Gasteiger partial charge in [0.05, 0.1) is 19.8 Å². The van der Waals surface area contributed by atoms with Crippen LogP contribution in [0.2, 0.25) is 0 Å². The maximum Gasteiger partial charge on any atom is 0.435 e. The molecular weight excluding hydrogens is 239 g/mol. The Bertz CT molecular complexity index is 329. The zero-order chi connectivity index (χ0) is 12.7. The van der Waals surface area contributed by atoms with Crippen molar-refractivity contribution in [3.05, 3.63) is 17.8 Å². The van der Waals surface area contributed by atoms with Crippen molar-refractivity contribution >= 4 is 5.82 Å². The van der Waals surface area contributed by atoms with Crippen molar-refractivity contribution in [3.63, 3.8) is 0 Å². The lowest BCUT2D eigenvalue weighted by atomic mass is 10.4. The number of rotatable bonds is 6. The summed E-state index contributed by atoms with van der Waals surface area (Å²) in [6.07, 6.45) is -4.48. The molecule has 1 aromatic rings. The molecule has 0 amide bonds. The highest BCUT2D eigenvalue weighted by atomic mass is 19.4. The van der Waals surface area contributed by atoms with Gasteiger partial charge in [-0.3, -0.25) is 0 Å². The SMILES string of the molecule is OCCOCCNc1ccc(C(F)(F)F)nn1. The van der Waals surface area contributed by atoms with Crippen molar-refractivity contribution in [1.29, 1.82) is 0 Å². The highest BCUT2D eigenvalue weighted by molar-refractivity contribution is 5.33. The van der Waals surface area contributed by atoms with Gasteiger partial charge in [-0.1, -0.05) is 0 Å². The number of anilines is 1. The summed E-state index contributed by atoms with van der Waals surface area (Å²) in [5.74, 6) is 0.241. The largest absolute Gasteiger partial charge is 0.435 e. The van der Waals surface area contributed by atoms with Gasteiger partial charge in [0.25, 0.3) is 0 Å². The first-order chi connectivity index (χ1) is 8.04. The summed E-state index contributed by atoms with van der Waals surface area (Å²) in [6, 6.07) is 2.05. The van der Waals surface area contributed by atoms with Gasteiger partial charge in [0, 0.05) is 6.54 Å². The molecular formula is C9H12F3N3O2. The summed E-state index contributed by atoms with van der Waals surface area (Å²) in [4.78, 5) is 0. The average molecular weight is 251 g/mol. The Balaban J connectivity index is 2.36. The van der Waals surface area contributed by atoms with Crippen molar-refractivity contribution in [2.24, 2.45) is 0 Å². The number of aliphatic hydroxyl groups is 1. The van der Waals surface area contributed by atoms with Crippen LogP contribution in [0, 0.1) is 0 Å². The third-order valence-electron chi connectivity index (χ3n) is 1.74. The predicted molar refractivity (Wildman–Crippen MR) is 53.4 cm³/mol. The van der Waals surface area contributed by atoms with Crippen LogP contribution in [0.1, 0.15) is 5.69 Å². The Morgan fingerprint density at radius 1 is 1.24 bits per heavy atom. The van der Waals surface area contributed by atoms with E-state index in [0.29, 0.717) is 13.2 Å². The molecule has 0 bridgehead atoms. The molecule has 2 N–H and O–H groups in total. The fourth-order valence-electron chi connectivity index (χ4n) is 0.996. The van der Waals surface area contributed by atoms with Crippen molar-refractivity contribution in [3.8, 4) is 0 Å². The van der Waals surface area contributed by atoms with Crippen LogP contribution < -0.4 is 5.32 Å². The summed E-state index contributed by atoms with van der Waals surface area (Å²) in [5, 5.41) is 17.6. The van der Waals surface area contributed by atoms with Gasteiger partial charge in [-0.15, -0.1) is 10.2 Å². The van der Waals surface area contributed by atoms with Gasteiger partial charge in [-0.25, -0.2) is 0 Å². The minimum absolute atomic E-state index is 0.0694. The second kappa shape index (κ2) is 6.36. The number of hydrogen-bond donors (Lipinski definition) is 2. The molecule has 0 aromatic carbocycles. The summed E-state index contributed by atoms with van der Waals surface area (Å²) in [7, 11) is 0. The van der Waals surface area contributed by atoms with Crippen molar-refractivity contribution in [1.82, 2.24) is 10.2 Å². The van der Waals surface area contributed by atoms with Crippen LogP contribution in [0.3, 0.4) is 0 Å². The van der Waals surface area contributed by atoms with E-state index in [1.165, 1.54) is 6.07 Å². The molecule has 1 rings (SSSR count). The molecule has 8 heteroatoms. The van der Waals surface area contributed by atoms with Crippen LogP contribution >= 0.6 is 0 Å². The van der Waals surface area contributed by atoms with Crippen molar-refractivity contribution in [2.75, 3.05) is 31.7 Å². The second-order valence-electron chi connectivity index (χ2n) is 3.06. The Labute approximate surface area is 95.6 Å². The van der Waals surface area contributed by atoms with Crippen LogP contribution in [-0.4, -0.2) is 41.7 Å². The zero-order valence-corrected chi connectivity index (χ0v) is 8.87. The highest BCUT2D eigenvalue weighted by Crippen LogP contribution is 2.26. The molecule has 0 spiro atoms. The monoisotopic (exact) mass is 251 g/mol. The third-order valence-corrected chi connectivity index (χ3v) is 1.74.